The van der Waals surface area contributed by atoms with Crippen molar-refractivity contribution in [1.82, 2.24) is 5.43 Å². The molecule has 5 heteroatoms. The van der Waals surface area contributed by atoms with E-state index < -0.39 is 0 Å². The zero-order valence-corrected chi connectivity index (χ0v) is 10.8. The molecule has 1 amide bonds. The second-order valence-corrected chi connectivity index (χ2v) is 4.89. The smallest absolute Gasteiger partial charge is 0.243 e. The molecule has 0 radical (unpaired) electrons. The molecule has 0 atom stereocenters. The van der Waals surface area contributed by atoms with Crippen LogP contribution in [0.3, 0.4) is 0 Å². The normalized spacial score (nSPS) is 15.8. The molecule has 0 unspecified atom stereocenters. The van der Waals surface area contributed by atoms with Gasteiger partial charge in [0.15, 0.2) is 0 Å². The highest BCUT2D eigenvalue weighted by Crippen LogP contribution is 2.28. The lowest BCUT2D eigenvalue weighted by Gasteiger charge is -2.03. The van der Waals surface area contributed by atoms with Gasteiger partial charge in [-0.15, -0.1) is 0 Å². The molecule has 17 heavy (non-hydrogen) atoms. The average molecular weight is 271 g/mol. The summed E-state index contributed by atoms with van der Waals surface area (Å²) in [4.78, 5) is 11.4. The molecule has 1 fully saturated rings. The molecule has 1 aromatic rings. The number of amides is 1. The Labute approximate surface area is 110 Å². The number of benzene rings is 1. The minimum absolute atomic E-state index is 0.00981. The number of hydrogen-bond acceptors (Lipinski definition) is 2. The molecule has 1 aromatic carbocycles. The maximum atomic E-state index is 11.4. The summed E-state index contributed by atoms with van der Waals surface area (Å²) in [7, 11) is 0. The summed E-state index contributed by atoms with van der Waals surface area (Å²) in [6.07, 6.45) is 1.93. The first-order valence-electron chi connectivity index (χ1n) is 5.37. The van der Waals surface area contributed by atoms with E-state index >= 15 is 0 Å². The van der Waals surface area contributed by atoms with E-state index in [9.17, 15) is 4.79 Å². The van der Waals surface area contributed by atoms with Crippen molar-refractivity contribution in [2.24, 2.45) is 11.0 Å². The SMILES string of the molecule is C/C(=N\NC(=O)C1CC1)c1ccc(Cl)c(Cl)c1. The van der Waals surface area contributed by atoms with Crippen LogP contribution in [0.25, 0.3) is 0 Å². The Balaban J connectivity index is 2.06. The quantitative estimate of drug-likeness (QED) is 0.665. The van der Waals surface area contributed by atoms with Gasteiger partial charge in [0.1, 0.15) is 0 Å². The van der Waals surface area contributed by atoms with Crippen LogP contribution >= 0.6 is 23.2 Å². The first kappa shape index (κ1) is 12.4. The van der Waals surface area contributed by atoms with E-state index in [4.69, 9.17) is 23.2 Å². The van der Waals surface area contributed by atoms with Crippen molar-refractivity contribution in [1.29, 1.82) is 0 Å². The molecule has 0 aliphatic heterocycles. The van der Waals surface area contributed by atoms with Gasteiger partial charge in [-0.1, -0.05) is 29.3 Å². The number of hydrogen-bond donors (Lipinski definition) is 1. The molecule has 90 valence electrons. The maximum Gasteiger partial charge on any atom is 0.243 e. The highest BCUT2D eigenvalue weighted by molar-refractivity contribution is 6.42. The molecule has 1 N–H and O–H groups in total. The van der Waals surface area contributed by atoms with Crippen molar-refractivity contribution in [3.8, 4) is 0 Å². The van der Waals surface area contributed by atoms with Crippen molar-refractivity contribution >= 4 is 34.8 Å². The predicted molar refractivity (Wildman–Crippen MR) is 69.5 cm³/mol. The number of nitrogens with zero attached hydrogens (tertiary/aromatic N) is 1. The summed E-state index contributed by atoms with van der Waals surface area (Å²) >= 11 is 11.7. The Morgan fingerprint density at radius 1 is 1.35 bits per heavy atom. The molecule has 3 nitrogen and oxygen atoms in total. The van der Waals surface area contributed by atoms with Crippen molar-refractivity contribution in [2.75, 3.05) is 0 Å². The predicted octanol–water partition coefficient (Wildman–Crippen LogP) is 3.24. The number of rotatable bonds is 3. The monoisotopic (exact) mass is 270 g/mol. The minimum Gasteiger partial charge on any atom is -0.273 e. The van der Waals surface area contributed by atoms with Crippen LogP contribution in [-0.4, -0.2) is 11.6 Å². The summed E-state index contributed by atoms with van der Waals surface area (Å²) in [5, 5.41) is 5.03. The second-order valence-electron chi connectivity index (χ2n) is 4.08. The largest absolute Gasteiger partial charge is 0.273 e. The van der Waals surface area contributed by atoms with Gasteiger partial charge in [-0.05, 0) is 37.5 Å². The highest BCUT2D eigenvalue weighted by atomic mass is 35.5. The number of nitrogens with one attached hydrogen (secondary N) is 1. The third-order valence-electron chi connectivity index (χ3n) is 2.62. The van der Waals surface area contributed by atoms with Crippen LogP contribution in [0.2, 0.25) is 10.0 Å². The van der Waals surface area contributed by atoms with E-state index in [-0.39, 0.29) is 11.8 Å². The Kier molecular flexibility index (Phi) is 3.69. The molecule has 0 spiro atoms. The van der Waals surface area contributed by atoms with Crippen molar-refractivity contribution < 1.29 is 4.79 Å². The summed E-state index contributed by atoms with van der Waals surface area (Å²) in [6, 6.07) is 5.25. The standard InChI is InChI=1S/C12H12Cl2N2O/c1-7(15-16-12(17)8-2-3-8)9-4-5-10(13)11(14)6-9/h4-6,8H,2-3H2,1H3,(H,16,17)/b15-7+. The summed E-state index contributed by atoms with van der Waals surface area (Å²) in [5.74, 6) is 0.143. The van der Waals surface area contributed by atoms with Crippen LogP contribution in [0.15, 0.2) is 23.3 Å². The lowest BCUT2D eigenvalue weighted by molar-refractivity contribution is -0.122. The van der Waals surface area contributed by atoms with Crippen LogP contribution in [0.4, 0.5) is 0 Å². The van der Waals surface area contributed by atoms with E-state index in [0.29, 0.717) is 15.8 Å². The molecule has 1 aliphatic carbocycles. The van der Waals surface area contributed by atoms with Crippen LogP contribution in [0.5, 0.6) is 0 Å². The van der Waals surface area contributed by atoms with Gasteiger partial charge in [-0.3, -0.25) is 4.79 Å². The first-order chi connectivity index (χ1) is 8.08. The average Bonchev–Trinajstić information content (AvgIpc) is 3.13. The van der Waals surface area contributed by atoms with Gasteiger partial charge in [0, 0.05) is 5.92 Å². The molecule has 0 aromatic heterocycles. The van der Waals surface area contributed by atoms with Gasteiger partial charge < -0.3 is 0 Å². The number of carbonyl (C=O) groups excluding carboxylic acids is 1. The molecule has 1 aliphatic rings. The van der Waals surface area contributed by atoms with Crippen LogP contribution in [0.1, 0.15) is 25.3 Å². The third-order valence-corrected chi connectivity index (χ3v) is 3.36. The summed E-state index contributed by atoms with van der Waals surface area (Å²) in [6.45, 7) is 1.81. The Morgan fingerprint density at radius 2 is 2.06 bits per heavy atom. The maximum absolute atomic E-state index is 11.4. The second kappa shape index (κ2) is 5.07. The van der Waals surface area contributed by atoms with Gasteiger partial charge in [0.2, 0.25) is 5.91 Å². The Bertz CT molecular complexity index is 481. The van der Waals surface area contributed by atoms with E-state index in [1.807, 2.05) is 13.0 Å². The van der Waals surface area contributed by atoms with Crippen LogP contribution in [-0.2, 0) is 4.79 Å². The van der Waals surface area contributed by atoms with Crippen LogP contribution < -0.4 is 5.43 Å². The lowest BCUT2D eigenvalue weighted by Crippen LogP contribution is -2.20. The highest BCUT2D eigenvalue weighted by Gasteiger charge is 2.29. The van der Waals surface area contributed by atoms with Crippen molar-refractivity contribution in [3.05, 3.63) is 33.8 Å². The van der Waals surface area contributed by atoms with E-state index in [1.54, 1.807) is 12.1 Å². The zero-order chi connectivity index (χ0) is 12.4. The molecular formula is C12H12Cl2N2O. The Hall–Kier alpha value is -1.06. The van der Waals surface area contributed by atoms with E-state index in [2.05, 4.69) is 10.5 Å². The van der Waals surface area contributed by atoms with Gasteiger partial charge in [0.25, 0.3) is 0 Å². The first-order valence-corrected chi connectivity index (χ1v) is 6.13. The minimum atomic E-state index is -0.00981. The molecule has 0 saturated heterocycles. The third kappa shape index (κ3) is 3.20. The van der Waals surface area contributed by atoms with Gasteiger partial charge in [-0.25, -0.2) is 5.43 Å². The zero-order valence-electron chi connectivity index (χ0n) is 9.34. The lowest BCUT2D eigenvalue weighted by atomic mass is 10.1. The fraction of sp³-hybridized carbons (Fsp3) is 0.333. The van der Waals surface area contributed by atoms with Crippen LogP contribution in [0, 0.1) is 5.92 Å². The van der Waals surface area contributed by atoms with Gasteiger partial charge >= 0.3 is 0 Å². The van der Waals surface area contributed by atoms with Crippen molar-refractivity contribution in [3.63, 3.8) is 0 Å². The molecule has 0 bridgehead atoms. The van der Waals surface area contributed by atoms with Gasteiger partial charge in [0.05, 0.1) is 15.8 Å². The van der Waals surface area contributed by atoms with Gasteiger partial charge in [-0.2, -0.15) is 5.10 Å². The number of hydrazone groups is 1. The molecular weight excluding hydrogens is 259 g/mol. The van der Waals surface area contributed by atoms with E-state index in [0.717, 1.165) is 18.4 Å². The fourth-order valence-corrected chi connectivity index (χ4v) is 1.66. The fourth-order valence-electron chi connectivity index (χ4n) is 1.36. The number of carbonyl (C=O) groups is 1. The molecule has 1 saturated carbocycles. The summed E-state index contributed by atoms with van der Waals surface area (Å²) in [5.41, 5.74) is 4.10. The topological polar surface area (TPSA) is 41.5 Å². The summed E-state index contributed by atoms with van der Waals surface area (Å²) < 4.78 is 0. The van der Waals surface area contributed by atoms with E-state index in [1.165, 1.54) is 0 Å². The molecule has 2 rings (SSSR count). The van der Waals surface area contributed by atoms with Crippen molar-refractivity contribution in [2.45, 2.75) is 19.8 Å². The Morgan fingerprint density at radius 3 is 2.65 bits per heavy atom. The molecule has 0 heterocycles. The number of halogens is 2.